The highest BCUT2D eigenvalue weighted by molar-refractivity contribution is 6.09. The van der Waals surface area contributed by atoms with Gasteiger partial charge in [0.1, 0.15) is 0 Å². The summed E-state index contributed by atoms with van der Waals surface area (Å²) in [5.41, 5.74) is 9.48. The molecule has 3 rings (SSSR count). The van der Waals surface area contributed by atoms with Gasteiger partial charge in [0.2, 0.25) is 0 Å². The molecule has 1 amide bonds. The summed E-state index contributed by atoms with van der Waals surface area (Å²) >= 11 is 0. The molecule has 2 heterocycles. The fraction of sp³-hybridized carbons (Fsp3) is 0.286. The minimum atomic E-state index is -0.00467. The molecule has 0 saturated heterocycles. The number of carbonyl (C=O) groups excluding carboxylic acids is 1. The number of nitrogens with zero attached hydrogens (tertiary/aromatic N) is 1. The second-order valence-electron chi connectivity index (χ2n) is 4.72. The van der Waals surface area contributed by atoms with Crippen molar-refractivity contribution >= 4 is 16.8 Å². The maximum Gasteiger partial charge on any atom is 0.252 e. The first-order chi connectivity index (χ1) is 8.72. The molecule has 1 aromatic carbocycles. The van der Waals surface area contributed by atoms with Crippen LogP contribution in [0.15, 0.2) is 24.4 Å². The minimum Gasteiger partial charge on any atom is -0.348 e. The third-order valence-electron chi connectivity index (χ3n) is 3.56. The Morgan fingerprint density at radius 2 is 2.33 bits per heavy atom. The fourth-order valence-corrected chi connectivity index (χ4v) is 2.48. The van der Waals surface area contributed by atoms with Crippen LogP contribution in [0.2, 0.25) is 0 Å². The van der Waals surface area contributed by atoms with Gasteiger partial charge in [0, 0.05) is 23.7 Å². The summed E-state index contributed by atoms with van der Waals surface area (Å²) in [4.78, 5) is 16.4. The van der Waals surface area contributed by atoms with E-state index in [2.05, 4.69) is 17.2 Å². The predicted molar refractivity (Wildman–Crippen MR) is 70.4 cm³/mol. The number of carbonyl (C=O) groups is 1. The highest BCUT2D eigenvalue weighted by atomic mass is 16.1. The van der Waals surface area contributed by atoms with Gasteiger partial charge in [-0.1, -0.05) is 25.1 Å². The van der Waals surface area contributed by atoms with Gasteiger partial charge >= 0.3 is 0 Å². The third kappa shape index (κ3) is 1.49. The number of pyridine rings is 1. The van der Waals surface area contributed by atoms with Gasteiger partial charge in [0.15, 0.2) is 0 Å². The standard InChI is InChI=1S/C14H15N3O/c1-8(5-15)10-3-2-4-11-12-9(6-16-13(10)11)7-17-14(12)18/h2-4,6,8H,5,7,15H2,1H3,(H,17,18). The van der Waals surface area contributed by atoms with Crippen molar-refractivity contribution in [3.63, 3.8) is 0 Å². The topological polar surface area (TPSA) is 68.0 Å². The van der Waals surface area contributed by atoms with Crippen molar-refractivity contribution in [2.24, 2.45) is 5.73 Å². The molecule has 0 fully saturated rings. The molecule has 0 spiro atoms. The molecule has 1 aromatic heterocycles. The van der Waals surface area contributed by atoms with Crippen LogP contribution in [0.5, 0.6) is 0 Å². The van der Waals surface area contributed by atoms with Crippen LogP contribution in [0.25, 0.3) is 10.9 Å². The molecule has 1 aliphatic heterocycles. The molecule has 2 aromatic rings. The van der Waals surface area contributed by atoms with E-state index >= 15 is 0 Å². The molecule has 1 atom stereocenters. The first kappa shape index (κ1) is 11.2. The number of para-hydroxylation sites is 1. The summed E-state index contributed by atoms with van der Waals surface area (Å²) in [5.74, 6) is 0.235. The van der Waals surface area contributed by atoms with Gasteiger partial charge in [-0.2, -0.15) is 0 Å². The zero-order valence-electron chi connectivity index (χ0n) is 10.2. The monoisotopic (exact) mass is 241 g/mol. The molecule has 4 nitrogen and oxygen atoms in total. The summed E-state index contributed by atoms with van der Waals surface area (Å²) in [7, 11) is 0. The lowest BCUT2D eigenvalue weighted by atomic mass is 9.95. The van der Waals surface area contributed by atoms with Crippen LogP contribution in [0.1, 0.15) is 34.3 Å². The Labute approximate surface area is 105 Å². The summed E-state index contributed by atoms with van der Waals surface area (Å²) in [6.45, 7) is 3.22. The number of nitrogens with two attached hydrogens (primary N) is 1. The summed E-state index contributed by atoms with van der Waals surface area (Å²) in [6, 6.07) is 5.96. The van der Waals surface area contributed by atoms with Gasteiger partial charge in [-0.3, -0.25) is 9.78 Å². The van der Waals surface area contributed by atoms with Crippen molar-refractivity contribution in [1.29, 1.82) is 0 Å². The van der Waals surface area contributed by atoms with Gasteiger partial charge in [-0.05, 0) is 18.0 Å². The SMILES string of the molecule is CC(CN)c1cccc2c3c(cnc12)CNC3=O. The largest absolute Gasteiger partial charge is 0.348 e. The quantitative estimate of drug-likeness (QED) is 0.838. The number of hydrogen-bond acceptors (Lipinski definition) is 3. The molecule has 4 heteroatoms. The Morgan fingerprint density at radius 3 is 3.11 bits per heavy atom. The number of aromatic nitrogens is 1. The number of nitrogens with one attached hydrogen (secondary N) is 1. The van der Waals surface area contributed by atoms with E-state index in [1.165, 1.54) is 0 Å². The zero-order valence-corrected chi connectivity index (χ0v) is 10.2. The van der Waals surface area contributed by atoms with Crippen molar-refractivity contribution in [2.75, 3.05) is 6.54 Å². The Hall–Kier alpha value is -1.94. The molecule has 3 N–H and O–H groups in total. The van der Waals surface area contributed by atoms with Crippen LogP contribution in [-0.2, 0) is 6.54 Å². The van der Waals surface area contributed by atoms with E-state index in [-0.39, 0.29) is 11.8 Å². The van der Waals surface area contributed by atoms with E-state index in [0.29, 0.717) is 13.1 Å². The summed E-state index contributed by atoms with van der Waals surface area (Å²) in [5, 5.41) is 3.77. The molecule has 0 saturated carbocycles. The Morgan fingerprint density at radius 1 is 1.50 bits per heavy atom. The van der Waals surface area contributed by atoms with Gasteiger partial charge in [0.05, 0.1) is 11.1 Å². The third-order valence-corrected chi connectivity index (χ3v) is 3.56. The molecule has 0 radical (unpaired) electrons. The second-order valence-corrected chi connectivity index (χ2v) is 4.72. The fourth-order valence-electron chi connectivity index (χ4n) is 2.48. The van der Waals surface area contributed by atoms with Crippen molar-refractivity contribution in [1.82, 2.24) is 10.3 Å². The van der Waals surface area contributed by atoms with E-state index < -0.39 is 0 Å². The van der Waals surface area contributed by atoms with Crippen molar-refractivity contribution in [3.8, 4) is 0 Å². The zero-order chi connectivity index (χ0) is 12.7. The average molecular weight is 241 g/mol. The average Bonchev–Trinajstić information content (AvgIpc) is 2.79. The maximum absolute atomic E-state index is 11.9. The van der Waals surface area contributed by atoms with E-state index in [1.807, 2.05) is 18.2 Å². The van der Waals surface area contributed by atoms with Gasteiger partial charge < -0.3 is 11.1 Å². The van der Waals surface area contributed by atoms with E-state index in [4.69, 9.17) is 5.73 Å². The van der Waals surface area contributed by atoms with Gasteiger partial charge in [-0.15, -0.1) is 0 Å². The molecule has 1 unspecified atom stereocenters. The number of amides is 1. The predicted octanol–water partition coefficient (Wildman–Crippen LogP) is 1.54. The van der Waals surface area contributed by atoms with E-state index in [0.717, 1.165) is 27.6 Å². The molecule has 18 heavy (non-hydrogen) atoms. The van der Waals surface area contributed by atoms with Crippen LogP contribution < -0.4 is 11.1 Å². The van der Waals surface area contributed by atoms with Crippen molar-refractivity contribution < 1.29 is 4.79 Å². The minimum absolute atomic E-state index is 0.00467. The van der Waals surface area contributed by atoms with Crippen LogP contribution in [-0.4, -0.2) is 17.4 Å². The lowest BCUT2D eigenvalue weighted by Gasteiger charge is -2.12. The smallest absolute Gasteiger partial charge is 0.252 e. The van der Waals surface area contributed by atoms with Crippen LogP contribution in [0.4, 0.5) is 0 Å². The van der Waals surface area contributed by atoms with Crippen LogP contribution in [0.3, 0.4) is 0 Å². The normalized spacial score (nSPS) is 15.6. The molecular weight excluding hydrogens is 226 g/mol. The van der Waals surface area contributed by atoms with Crippen molar-refractivity contribution in [3.05, 3.63) is 41.1 Å². The van der Waals surface area contributed by atoms with Crippen LogP contribution in [0, 0.1) is 0 Å². The number of hydrogen-bond donors (Lipinski definition) is 2. The number of fused-ring (bicyclic) bond motifs is 3. The lowest BCUT2D eigenvalue weighted by molar-refractivity contribution is 0.0967. The summed E-state index contributed by atoms with van der Waals surface area (Å²) < 4.78 is 0. The Bertz CT molecular complexity index is 636. The van der Waals surface area contributed by atoms with Gasteiger partial charge in [0.25, 0.3) is 5.91 Å². The molecule has 1 aliphatic rings. The highest BCUT2D eigenvalue weighted by Gasteiger charge is 2.23. The van der Waals surface area contributed by atoms with E-state index in [1.54, 1.807) is 6.20 Å². The van der Waals surface area contributed by atoms with Crippen LogP contribution >= 0.6 is 0 Å². The van der Waals surface area contributed by atoms with E-state index in [9.17, 15) is 4.79 Å². The second kappa shape index (κ2) is 4.07. The van der Waals surface area contributed by atoms with Gasteiger partial charge in [-0.25, -0.2) is 0 Å². The van der Waals surface area contributed by atoms with Crippen molar-refractivity contribution in [2.45, 2.75) is 19.4 Å². The lowest BCUT2D eigenvalue weighted by Crippen LogP contribution is -2.13. The summed E-state index contributed by atoms with van der Waals surface area (Å²) in [6.07, 6.45) is 1.79. The Kier molecular flexibility index (Phi) is 2.52. The molecule has 0 bridgehead atoms. The first-order valence-electron chi connectivity index (χ1n) is 6.11. The molecule has 0 aliphatic carbocycles. The Balaban J connectivity index is 2.32. The first-order valence-corrected chi connectivity index (χ1v) is 6.11. The molecule has 92 valence electrons. The maximum atomic E-state index is 11.9. The molecular formula is C14H15N3O. The highest BCUT2D eigenvalue weighted by Crippen LogP contribution is 2.29. The number of rotatable bonds is 2. The number of benzene rings is 1.